The van der Waals surface area contributed by atoms with Crippen LogP contribution in [0.25, 0.3) is 21.2 Å². The van der Waals surface area contributed by atoms with Crippen LogP contribution >= 0.6 is 11.3 Å². The number of thiophene rings is 1. The average molecular weight is 829 g/mol. The maximum atomic E-state index is 2.67. The Morgan fingerprint density at radius 1 is 0.565 bits per heavy atom. The zero-order chi connectivity index (χ0) is 43.6. The fourth-order valence-corrected chi connectivity index (χ4v) is 13.1. The van der Waals surface area contributed by atoms with Gasteiger partial charge in [0.05, 0.1) is 11.4 Å². The van der Waals surface area contributed by atoms with Crippen molar-refractivity contribution in [3.63, 3.8) is 0 Å². The molecular weight excluding hydrogens is 768 g/mol. The van der Waals surface area contributed by atoms with Crippen LogP contribution in [0.4, 0.5) is 34.1 Å². The minimum atomic E-state index is -0.172. The Morgan fingerprint density at radius 3 is 1.85 bits per heavy atom. The van der Waals surface area contributed by atoms with Crippen LogP contribution in [-0.2, 0) is 27.1 Å². The van der Waals surface area contributed by atoms with E-state index in [-0.39, 0.29) is 33.8 Å². The summed E-state index contributed by atoms with van der Waals surface area (Å²) in [5.41, 5.74) is 23.2. The van der Waals surface area contributed by atoms with Crippen molar-refractivity contribution in [3.05, 3.63) is 148 Å². The van der Waals surface area contributed by atoms with E-state index in [1.165, 1.54) is 123 Å². The van der Waals surface area contributed by atoms with E-state index in [2.05, 4.69) is 209 Å². The molecule has 0 saturated carbocycles. The first-order valence-corrected chi connectivity index (χ1v) is 23.8. The lowest BCUT2D eigenvalue weighted by Crippen LogP contribution is -2.60. The molecule has 0 spiro atoms. The van der Waals surface area contributed by atoms with Crippen molar-refractivity contribution in [2.24, 2.45) is 0 Å². The number of anilines is 6. The molecule has 6 aromatic carbocycles. The molecule has 312 valence electrons. The van der Waals surface area contributed by atoms with Crippen LogP contribution in [0.2, 0.25) is 0 Å². The molecule has 2 nitrogen and oxygen atoms in total. The summed E-state index contributed by atoms with van der Waals surface area (Å²) in [6.07, 6.45) is 2.40. The van der Waals surface area contributed by atoms with Crippen molar-refractivity contribution < 1.29 is 0 Å². The number of benzene rings is 6. The Balaban J connectivity index is 1.26. The van der Waals surface area contributed by atoms with E-state index in [9.17, 15) is 0 Å². The van der Waals surface area contributed by atoms with Gasteiger partial charge in [0.15, 0.2) is 0 Å². The van der Waals surface area contributed by atoms with E-state index in [1.807, 2.05) is 11.3 Å². The molecule has 62 heavy (non-hydrogen) atoms. The Kier molecular flexibility index (Phi) is 8.20. The van der Waals surface area contributed by atoms with Crippen LogP contribution in [0.3, 0.4) is 0 Å². The molecule has 0 unspecified atom stereocenters. The number of rotatable bonds is 2. The number of hydrogen-bond acceptors (Lipinski definition) is 3. The summed E-state index contributed by atoms with van der Waals surface area (Å²) < 4.78 is 2.85. The summed E-state index contributed by atoms with van der Waals surface area (Å²) in [7, 11) is 0. The van der Waals surface area contributed by atoms with Gasteiger partial charge in [-0.15, -0.1) is 11.3 Å². The van der Waals surface area contributed by atoms with Crippen LogP contribution in [-0.4, -0.2) is 6.71 Å². The molecule has 0 amide bonds. The first-order chi connectivity index (χ1) is 29.2. The van der Waals surface area contributed by atoms with Crippen molar-refractivity contribution in [1.29, 1.82) is 0 Å². The van der Waals surface area contributed by atoms with Crippen LogP contribution in [0.15, 0.2) is 109 Å². The standard InChI is InChI=1S/C58H61BN2S/c1-34-29-47-51-48(30-34)61(46-20-16-18-39-38-17-14-15-19-41(38)58(12,13)50(39)46)45-26-23-36(55(5,6)7)31-44(45)59(51)53-52(60(47)37-24-21-35(22-25-37)54(2,3)4)40-32-42-43(33-49(40)62-53)57(10,11)28-27-56(42,8)9/h14-26,29-33H,27-28H2,1-13H3. The highest BCUT2D eigenvalue weighted by atomic mass is 32.1. The summed E-state index contributed by atoms with van der Waals surface area (Å²) in [6.45, 7) is 31.2. The highest BCUT2D eigenvalue weighted by Gasteiger charge is 2.48. The van der Waals surface area contributed by atoms with Gasteiger partial charge in [-0.3, -0.25) is 0 Å². The second kappa shape index (κ2) is 12.8. The number of nitrogens with zero attached hydrogens (tertiary/aromatic N) is 2. The third-order valence-corrected chi connectivity index (χ3v) is 16.6. The summed E-state index contributed by atoms with van der Waals surface area (Å²) in [5, 5.41) is 1.39. The van der Waals surface area contributed by atoms with Gasteiger partial charge in [0, 0.05) is 43.0 Å². The molecule has 0 N–H and O–H groups in total. The van der Waals surface area contributed by atoms with E-state index in [4.69, 9.17) is 0 Å². The molecule has 3 heterocycles. The number of fused-ring (bicyclic) bond motifs is 10. The van der Waals surface area contributed by atoms with Gasteiger partial charge in [0.1, 0.15) is 0 Å². The third-order valence-electron chi connectivity index (χ3n) is 15.4. The first-order valence-electron chi connectivity index (χ1n) is 23.0. The SMILES string of the molecule is Cc1cc2c3c(c1)N(c1ccc(C(C)(C)C)cc1)c1c(sc4cc5c(cc14)C(C)(C)CCC5(C)C)B3c1cc(C(C)(C)C)ccc1N2c1cccc2c1C(C)(C)c1ccccc1-2. The van der Waals surface area contributed by atoms with Gasteiger partial charge in [0.25, 0.3) is 6.71 Å². The molecular formula is C58H61BN2S. The Labute approximate surface area is 375 Å². The smallest absolute Gasteiger partial charge is 0.264 e. The quantitative estimate of drug-likeness (QED) is 0.160. The Bertz CT molecular complexity index is 3040. The minimum absolute atomic E-state index is 0.0113. The zero-order valence-corrected chi connectivity index (χ0v) is 40.0. The van der Waals surface area contributed by atoms with Gasteiger partial charge >= 0.3 is 0 Å². The van der Waals surface area contributed by atoms with Crippen molar-refractivity contribution in [2.75, 3.05) is 9.80 Å². The molecule has 7 aromatic rings. The highest BCUT2D eigenvalue weighted by molar-refractivity contribution is 7.33. The largest absolute Gasteiger partial charge is 0.311 e. The van der Waals surface area contributed by atoms with Crippen LogP contribution in [0.5, 0.6) is 0 Å². The maximum absolute atomic E-state index is 2.67. The fourth-order valence-electron chi connectivity index (χ4n) is 11.8. The van der Waals surface area contributed by atoms with E-state index in [0.717, 1.165) is 0 Å². The van der Waals surface area contributed by atoms with Gasteiger partial charge in [-0.05, 0) is 151 Å². The van der Waals surface area contributed by atoms with E-state index in [1.54, 1.807) is 0 Å². The topological polar surface area (TPSA) is 6.48 Å². The van der Waals surface area contributed by atoms with E-state index in [0.29, 0.717) is 0 Å². The molecule has 4 aliphatic rings. The van der Waals surface area contributed by atoms with Gasteiger partial charge in [-0.25, -0.2) is 0 Å². The predicted molar refractivity (Wildman–Crippen MR) is 271 cm³/mol. The van der Waals surface area contributed by atoms with Crippen molar-refractivity contribution in [2.45, 2.75) is 130 Å². The predicted octanol–water partition coefficient (Wildman–Crippen LogP) is 14.5. The average Bonchev–Trinajstić information content (AvgIpc) is 3.70. The minimum Gasteiger partial charge on any atom is -0.311 e. The summed E-state index contributed by atoms with van der Waals surface area (Å²) >= 11 is 2.05. The van der Waals surface area contributed by atoms with Crippen LogP contribution in [0.1, 0.15) is 135 Å². The molecule has 0 fully saturated rings. The molecule has 4 heteroatoms. The monoisotopic (exact) mass is 828 g/mol. The Hall–Kier alpha value is -5.06. The molecule has 1 aromatic heterocycles. The molecule has 0 radical (unpaired) electrons. The molecule has 0 atom stereocenters. The lowest BCUT2D eigenvalue weighted by Gasteiger charge is -2.45. The van der Waals surface area contributed by atoms with Gasteiger partial charge in [-0.1, -0.05) is 144 Å². The molecule has 11 rings (SSSR count). The van der Waals surface area contributed by atoms with Crippen molar-refractivity contribution in [1.82, 2.24) is 0 Å². The lowest BCUT2D eigenvalue weighted by atomic mass is 9.36. The van der Waals surface area contributed by atoms with Crippen LogP contribution in [0, 0.1) is 6.92 Å². The Morgan fingerprint density at radius 2 is 1.18 bits per heavy atom. The number of aryl methyl sites for hydroxylation is 1. The normalized spacial score (nSPS) is 17.6. The first kappa shape index (κ1) is 39.8. The third kappa shape index (κ3) is 5.54. The summed E-state index contributed by atoms with van der Waals surface area (Å²) in [6, 6.07) is 43.3. The van der Waals surface area contributed by atoms with E-state index >= 15 is 0 Å². The van der Waals surface area contributed by atoms with Crippen molar-refractivity contribution in [3.8, 4) is 11.1 Å². The van der Waals surface area contributed by atoms with Gasteiger partial charge in [-0.2, -0.15) is 0 Å². The van der Waals surface area contributed by atoms with E-state index < -0.39 is 0 Å². The second-order valence-corrected chi connectivity index (χ2v) is 24.1. The molecule has 2 aliphatic heterocycles. The van der Waals surface area contributed by atoms with Gasteiger partial charge in [0.2, 0.25) is 0 Å². The maximum Gasteiger partial charge on any atom is 0.264 e. The summed E-state index contributed by atoms with van der Waals surface area (Å²) in [4.78, 5) is 5.34. The summed E-state index contributed by atoms with van der Waals surface area (Å²) in [5.74, 6) is 0. The molecule has 2 aliphatic carbocycles. The lowest BCUT2D eigenvalue weighted by molar-refractivity contribution is 0.332. The molecule has 0 bridgehead atoms. The van der Waals surface area contributed by atoms with Crippen molar-refractivity contribution >= 4 is 78.0 Å². The number of hydrogen-bond donors (Lipinski definition) is 0. The second-order valence-electron chi connectivity index (χ2n) is 23.0. The van der Waals surface area contributed by atoms with Crippen LogP contribution < -0.4 is 25.5 Å². The van der Waals surface area contributed by atoms with Gasteiger partial charge < -0.3 is 9.80 Å². The fraction of sp³-hybridized carbons (Fsp3) is 0.345. The zero-order valence-electron chi connectivity index (χ0n) is 39.2. The molecule has 0 saturated heterocycles. The highest BCUT2D eigenvalue weighted by Crippen LogP contribution is 2.56.